The monoisotopic (exact) mass is 318 g/mol. The van der Waals surface area contributed by atoms with Crippen molar-refractivity contribution < 1.29 is 15.0 Å². The first-order valence-corrected chi connectivity index (χ1v) is 9.39. The van der Waals surface area contributed by atoms with Crippen LogP contribution in [0.15, 0.2) is 11.3 Å². The fourth-order valence-electron chi connectivity index (χ4n) is 6.93. The van der Waals surface area contributed by atoms with Gasteiger partial charge in [-0.2, -0.15) is 0 Å². The lowest BCUT2D eigenvalue weighted by atomic mass is 9.46. The van der Waals surface area contributed by atoms with Gasteiger partial charge in [0.25, 0.3) is 0 Å². The summed E-state index contributed by atoms with van der Waals surface area (Å²) < 4.78 is 0. The van der Waals surface area contributed by atoms with Crippen LogP contribution < -0.4 is 0 Å². The smallest absolute Gasteiger partial charge is 0.197 e. The number of allylic oxidation sites excluding steroid dienone is 1. The van der Waals surface area contributed by atoms with Crippen molar-refractivity contribution in [3.63, 3.8) is 0 Å². The summed E-state index contributed by atoms with van der Waals surface area (Å²) in [5, 5.41) is 21.3. The van der Waals surface area contributed by atoms with Gasteiger partial charge in [-0.1, -0.05) is 13.8 Å². The fourth-order valence-corrected chi connectivity index (χ4v) is 6.93. The molecule has 3 saturated carbocycles. The van der Waals surface area contributed by atoms with Gasteiger partial charge in [0.1, 0.15) is 0 Å². The number of aliphatic hydroxyl groups excluding tert-OH is 1. The molecule has 0 aromatic carbocycles. The molecule has 0 amide bonds. The number of hydrogen-bond acceptors (Lipinski definition) is 3. The highest BCUT2D eigenvalue weighted by molar-refractivity contribution is 5.95. The van der Waals surface area contributed by atoms with Gasteiger partial charge in [0.2, 0.25) is 0 Å². The van der Waals surface area contributed by atoms with E-state index in [2.05, 4.69) is 13.8 Å². The van der Waals surface area contributed by atoms with Gasteiger partial charge in [0.05, 0.1) is 5.60 Å². The van der Waals surface area contributed by atoms with Gasteiger partial charge in [0.15, 0.2) is 11.5 Å². The van der Waals surface area contributed by atoms with E-state index in [1.807, 2.05) is 6.92 Å². The number of carbonyl (C=O) groups excluding carboxylic acids is 1. The molecular weight excluding hydrogens is 288 g/mol. The normalized spacial score (nSPS) is 52.9. The molecule has 0 aliphatic heterocycles. The number of Topliss-reactive ketones (excluding diaryl/α,β-unsaturated/α-hetero) is 1. The third-order valence-electron chi connectivity index (χ3n) is 8.66. The zero-order valence-electron chi connectivity index (χ0n) is 14.7. The summed E-state index contributed by atoms with van der Waals surface area (Å²) in [4.78, 5) is 11.9. The first kappa shape index (κ1) is 15.7. The summed E-state index contributed by atoms with van der Waals surface area (Å²) in [7, 11) is 0. The lowest BCUT2D eigenvalue weighted by Crippen LogP contribution is -2.54. The predicted octanol–water partition coefficient (Wildman–Crippen LogP) is 4.16. The van der Waals surface area contributed by atoms with E-state index in [0.717, 1.165) is 50.5 Å². The molecule has 3 unspecified atom stereocenters. The van der Waals surface area contributed by atoms with Gasteiger partial charge in [0, 0.05) is 6.42 Å². The average Bonchev–Trinajstić information content (AvgIpc) is 2.74. The largest absolute Gasteiger partial charge is 0.504 e. The first-order valence-electron chi connectivity index (χ1n) is 9.39. The van der Waals surface area contributed by atoms with Gasteiger partial charge in [-0.25, -0.2) is 0 Å². The van der Waals surface area contributed by atoms with Crippen molar-refractivity contribution in [2.45, 2.75) is 77.7 Å². The highest BCUT2D eigenvalue weighted by Gasteiger charge is 2.62. The molecule has 128 valence electrons. The van der Waals surface area contributed by atoms with Crippen LogP contribution in [0.2, 0.25) is 0 Å². The molecule has 0 bridgehead atoms. The first-order chi connectivity index (χ1) is 10.7. The quantitative estimate of drug-likeness (QED) is 0.705. The molecule has 4 rings (SSSR count). The Hall–Kier alpha value is -0.830. The minimum atomic E-state index is -0.537. The summed E-state index contributed by atoms with van der Waals surface area (Å²) in [6.45, 7) is 6.63. The van der Waals surface area contributed by atoms with Crippen LogP contribution in [-0.4, -0.2) is 21.6 Å². The summed E-state index contributed by atoms with van der Waals surface area (Å²) in [5.74, 6) is 1.82. The summed E-state index contributed by atoms with van der Waals surface area (Å²) in [6.07, 6.45) is 7.57. The second kappa shape index (κ2) is 4.62. The molecule has 4 aliphatic carbocycles. The van der Waals surface area contributed by atoms with Crippen LogP contribution in [0.25, 0.3) is 0 Å². The molecule has 3 heteroatoms. The molecule has 0 heterocycles. The van der Waals surface area contributed by atoms with Crippen molar-refractivity contribution in [1.82, 2.24) is 0 Å². The third-order valence-corrected chi connectivity index (χ3v) is 8.66. The zero-order chi connectivity index (χ0) is 16.6. The topological polar surface area (TPSA) is 57.5 Å². The third kappa shape index (κ3) is 1.83. The van der Waals surface area contributed by atoms with Gasteiger partial charge in [-0.15, -0.1) is 0 Å². The fraction of sp³-hybridized carbons (Fsp3) is 0.850. The van der Waals surface area contributed by atoms with E-state index in [1.54, 1.807) is 0 Å². The number of rotatable bonds is 0. The van der Waals surface area contributed by atoms with E-state index in [0.29, 0.717) is 24.2 Å². The Labute approximate surface area is 139 Å². The van der Waals surface area contributed by atoms with Crippen molar-refractivity contribution in [3.05, 3.63) is 11.3 Å². The molecule has 6 atom stereocenters. The van der Waals surface area contributed by atoms with E-state index in [4.69, 9.17) is 0 Å². The molecule has 2 N–H and O–H groups in total. The molecule has 0 radical (unpaired) electrons. The van der Waals surface area contributed by atoms with E-state index in [1.165, 1.54) is 0 Å². The van der Waals surface area contributed by atoms with Crippen LogP contribution in [0, 0.1) is 28.6 Å². The Morgan fingerprint density at radius 2 is 1.65 bits per heavy atom. The molecule has 23 heavy (non-hydrogen) atoms. The Balaban J connectivity index is 1.72. The average molecular weight is 318 g/mol. The van der Waals surface area contributed by atoms with Crippen LogP contribution in [0.5, 0.6) is 0 Å². The number of fused-ring (bicyclic) bond motifs is 5. The number of ketones is 1. The van der Waals surface area contributed by atoms with Gasteiger partial charge in [-0.3, -0.25) is 4.79 Å². The number of aliphatic hydroxyl groups is 2. The molecular formula is C20H30O3. The van der Waals surface area contributed by atoms with E-state index in [-0.39, 0.29) is 22.4 Å². The molecule has 0 aromatic rings. The van der Waals surface area contributed by atoms with Crippen LogP contribution >= 0.6 is 0 Å². The second-order valence-corrected chi connectivity index (χ2v) is 9.35. The highest BCUT2D eigenvalue weighted by Crippen LogP contribution is 2.67. The SMILES string of the molecule is C[C@]12CCC(=O)C(O)=C1CCC1C2CC[C@@]2(C)C1CC[C@]2(C)O. The van der Waals surface area contributed by atoms with Crippen molar-refractivity contribution in [2.24, 2.45) is 28.6 Å². The van der Waals surface area contributed by atoms with Gasteiger partial charge >= 0.3 is 0 Å². The predicted molar refractivity (Wildman–Crippen MR) is 88.9 cm³/mol. The highest BCUT2D eigenvalue weighted by atomic mass is 16.3. The van der Waals surface area contributed by atoms with Crippen molar-refractivity contribution in [3.8, 4) is 0 Å². The van der Waals surface area contributed by atoms with E-state index >= 15 is 0 Å². The molecule has 4 aliphatic rings. The van der Waals surface area contributed by atoms with Crippen LogP contribution in [0.3, 0.4) is 0 Å². The van der Waals surface area contributed by atoms with Crippen molar-refractivity contribution in [1.29, 1.82) is 0 Å². The minimum absolute atomic E-state index is 0.00329. The van der Waals surface area contributed by atoms with Crippen molar-refractivity contribution in [2.75, 3.05) is 0 Å². The molecule has 3 nitrogen and oxygen atoms in total. The van der Waals surface area contributed by atoms with Crippen LogP contribution in [-0.2, 0) is 4.79 Å². The van der Waals surface area contributed by atoms with Gasteiger partial charge < -0.3 is 10.2 Å². The Morgan fingerprint density at radius 3 is 2.39 bits per heavy atom. The second-order valence-electron chi connectivity index (χ2n) is 9.35. The molecule has 0 saturated heterocycles. The number of carbonyl (C=O) groups is 1. The Morgan fingerprint density at radius 1 is 0.957 bits per heavy atom. The summed E-state index contributed by atoms with van der Waals surface area (Å²) >= 11 is 0. The van der Waals surface area contributed by atoms with E-state index in [9.17, 15) is 15.0 Å². The maximum absolute atomic E-state index is 11.9. The molecule has 0 aromatic heterocycles. The van der Waals surface area contributed by atoms with Crippen LogP contribution in [0.4, 0.5) is 0 Å². The van der Waals surface area contributed by atoms with Crippen LogP contribution in [0.1, 0.15) is 72.1 Å². The summed E-state index contributed by atoms with van der Waals surface area (Å²) in [5.41, 5.74) is 0.544. The molecule has 0 spiro atoms. The zero-order valence-corrected chi connectivity index (χ0v) is 14.7. The number of hydrogen-bond donors (Lipinski definition) is 2. The minimum Gasteiger partial charge on any atom is -0.504 e. The maximum Gasteiger partial charge on any atom is 0.197 e. The lowest BCUT2D eigenvalue weighted by molar-refractivity contribution is -0.127. The standard InChI is InChI=1S/C20H30O3/c1-18-9-8-16(21)17(22)15(18)5-4-12-13(18)6-10-19(2)14(12)7-11-20(19,3)23/h12-14,22-23H,4-11H2,1-3H3/t12?,13?,14?,18-,19+,20+/m1/s1. The Kier molecular flexibility index (Phi) is 3.15. The Bertz CT molecular complexity index is 590. The molecule has 3 fully saturated rings. The lowest BCUT2D eigenvalue weighted by Gasteiger charge is -2.58. The maximum atomic E-state index is 11.9. The van der Waals surface area contributed by atoms with Crippen molar-refractivity contribution >= 4 is 5.78 Å². The summed E-state index contributed by atoms with van der Waals surface area (Å²) in [6, 6.07) is 0. The van der Waals surface area contributed by atoms with Gasteiger partial charge in [-0.05, 0) is 86.0 Å². The van der Waals surface area contributed by atoms with E-state index < -0.39 is 5.60 Å².